The van der Waals surface area contributed by atoms with Gasteiger partial charge in [-0.2, -0.15) is 0 Å². The Morgan fingerprint density at radius 3 is 2.11 bits per heavy atom. The molecule has 0 aliphatic rings. The minimum absolute atomic E-state index is 0.0172. The van der Waals surface area contributed by atoms with E-state index in [1.807, 2.05) is 55.5 Å². The highest BCUT2D eigenvalue weighted by molar-refractivity contribution is 5.22. The first-order valence-electron chi connectivity index (χ1n) is 6.24. The van der Waals surface area contributed by atoms with Crippen molar-refractivity contribution in [3.05, 3.63) is 66.2 Å². The molecule has 0 N–H and O–H groups in total. The maximum Gasteiger partial charge on any atom is 0.119 e. The summed E-state index contributed by atoms with van der Waals surface area (Å²) in [7, 11) is 0. The largest absolute Gasteiger partial charge is 0.491 e. The highest BCUT2D eigenvalue weighted by atomic mass is 16.5. The molecule has 2 aromatic carbocycles. The Morgan fingerprint density at radius 2 is 1.50 bits per heavy atom. The van der Waals surface area contributed by atoms with Crippen LogP contribution in [0.2, 0.25) is 0 Å². The topological polar surface area (TPSA) is 18.5 Å². The zero-order valence-corrected chi connectivity index (χ0v) is 10.6. The summed E-state index contributed by atoms with van der Waals surface area (Å²) >= 11 is 0. The van der Waals surface area contributed by atoms with Crippen molar-refractivity contribution < 1.29 is 9.47 Å². The van der Waals surface area contributed by atoms with E-state index in [0.717, 1.165) is 11.3 Å². The summed E-state index contributed by atoms with van der Waals surface area (Å²) in [5.41, 5.74) is 1.15. The minimum Gasteiger partial charge on any atom is -0.491 e. The zero-order valence-electron chi connectivity index (χ0n) is 10.6. The van der Waals surface area contributed by atoms with Crippen molar-refractivity contribution in [3.8, 4) is 5.75 Å². The first-order valence-corrected chi connectivity index (χ1v) is 6.24. The van der Waals surface area contributed by atoms with Crippen molar-refractivity contribution in [2.24, 2.45) is 0 Å². The third kappa shape index (κ3) is 3.60. The molecule has 94 valence electrons. The van der Waals surface area contributed by atoms with Crippen molar-refractivity contribution in [1.82, 2.24) is 0 Å². The molecule has 0 saturated heterocycles. The Labute approximate surface area is 108 Å². The molecule has 0 unspecified atom stereocenters. The summed E-state index contributed by atoms with van der Waals surface area (Å²) in [6, 6.07) is 20.0. The molecule has 2 nitrogen and oxygen atoms in total. The van der Waals surface area contributed by atoms with E-state index in [2.05, 4.69) is 12.1 Å². The summed E-state index contributed by atoms with van der Waals surface area (Å²) in [5, 5.41) is 0. The van der Waals surface area contributed by atoms with Crippen LogP contribution in [0.5, 0.6) is 5.75 Å². The first kappa shape index (κ1) is 12.7. The molecular formula is C16H18O2. The summed E-state index contributed by atoms with van der Waals surface area (Å²) in [6.45, 7) is 3.21. The molecule has 0 aliphatic heterocycles. The molecule has 2 aromatic rings. The third-order valence-electron chi connectivity index (χ3n) is 2.68. The smallest absolute Gasteiger partial charge is 0.119 e. The molecule has 0 saturated carbocycles. The number of hydrogen-bond donors (Lipinski definition) is 0. The van der Waals surface area contributed by atoms with E-state index in [0.29, 0.717) is 13.2 Å². The van der Waals surface area contributed by atoms with Gasteiger partial charge in [0.15, 0.2) is 0 Å². The molecule has 0 bridgehead atoms. The van der Waals surface area contributed by atoms with Crippen molar-refractivity contribution in [3.63, 3.8) is 0 Å². The second-order valence-corrected chi connectivity index (χ2v) is 3.98. The second kappa shape index (κ2) is 6.82. The van der Waals surface area contributed by atoms with Crippen LogP contribution in [0.15, 0.2) is 60.7 Å². The summed E-state index contributed by atoms with van der Waals surface area (Å²) in [6.07, 6.45) is -0.0172. The van der Waals surface area contributed by atoms with Gasteiger partial charge < -0.3 is 9.47 Å². The van der Waals surface area contributed by atoms with E-state index in [4.69, 9.17) is 9.47 Å². The lowest BCUT2D eigenvalue weighted by Gasteiger charge is -2.18. The van der Waals surface area contributed by atoms with Gasteiger partial charge in [-0.1, -0.05) is 48.5 Å². The van der Waals surface area contributed by atoms with Crippen LogP contribution in [0.4, 0.5) is 0 Å². The monoisotopic (exact) mass is 242 g/mol. The second-order valence-electron chi connectivity index (χ2n) is 3.98. The Hall–Kier alpha value is -1.80. The van der Waals surface area contributed by atoms with E-state index >= 15 is 0 Å². The van der Waals surface area contributed by atoms with Gasteiger partial charge in [-0.3, -0.25) is 0 Å². The standard InChI is InChI=1S/C16H18O2/c1-2-17-16(14-9-5-3-6-10-14)13-18-15-11-7-4-8-12-15/h3-12,16H,2,13H2,1H3/t16-/m0/s1. The van der Waals surface area contributed by atoms with Crippen LogP contribution < -0.4 is 4.74 Å². The van der Waals surface area contributed by atoms with Crippen LogP contribution in [-0.4, -0.2) is 13.2 Å². The number of rotatable bonds is 6. The summed E-state index contributed by atoms with van der Waals surface area (Å²) < 4.78 is 11.5. The normalized spacial score (nSPS) is 12.1. The molecule has 1 atom stereocenters. The number of benzene rings is 2. The molecular weight excluding hydrogens is 224 g/mol. The van der Waals surface area contributed by atoms with Crippen molar-refractivity contribution in [1.29, 1.82) is 0 Å². The maximum absolute atomic E-state index is 5.75. The van der Waals surface area contributed by atoms with Crippen LogP contribution in [0.3, 0.4) is 0 Å². The summed E-state index contributed by atoms with van der Waals surface area (Å²) in [5.74, 6) is 0.873. The molecule has 0 aromatic heterocycles. The van der Waals surface area contributed by atoms with Gasteiger partial charge in [-0.05, 0) is 24.6 Å². The lowest BCUT2D eigenvalue weighted by Crippen LogP contribution is -2.13. The fraction of sp³-hybridized carbons (Fsp3) is 0.250. The van der Waals surface area contributed by atoms with Crippen LogP contribution in [0, 0.1) is 0 Å². The minimum atomic E-state index is -0.0172. The highest BCUT2D eigenvalue weighted by Gasteiger charge is 2.11. The number of ether oxygens (including phenoxy) is 2. The third-order valence-corrected chi connectivity index (χ3v) is 2.68. The SMILES string of the molecule is CCO[C@@H](COc1ccccc1)c1ccccc1. The van der Waals surface area contributed by atoms with Gasteiger partial charge in [0.2, 0.25) is 0 Å². The van der Waals surface area contributed by atoms with Gasteiger partial charge >= 0.3 is 0 Å². The van der Waals surface area contributed by atoms with Gasteiger partial charge in [0.05, 0.1) is 0 Å². The summed E-state index contributed by atoms with van der Waals surface area (Å²) in [4.78, 5) is 0. The molecule has 0 amide bonds. The molecule has 0 spiro atoms. The maximum atomic E-state index is 5.75. The van der Waals surface area contributed by atoms with Crippen molar-refractivity contribution in [2.75, 3.05) is 13.2 Å². The Kier molecular flexibility index (Phi) is 4.79. The van der Waals surface area contributed by atoms with Crippen molar-refractivity contribution >= 4 is 0 Å². The lowest BCUT2D eigenvalue weighted by atomic mass is 10.1. The first-order chi connectivity index (χ1) is 8.90. The van der Waals surface area contributed by atoms with Gasteiger partial charge in [-0.25, -0.2) is 0 Å². The van der Waals surface area contributed by atoms with Gasteiger partial charge in [0.1, 0.15) is 18.5 Å². The fourth-order valence-electron chi connectivity index (χ4n) is 1.80. The zero-order chi connectivity index (χ0) is 12.6. The highest BCUT2D eigenvalue weighted by Crippen LogP contribution is 2.19. The van der Waals surface area contributed by atoms with E-state index in [1.54, 1.807) is 0 Å². The van der Waals surface area contributed by atoms with Gasteiger partial charge in [0, 0.05) is 6.61 Å². The quantitative estimate of drug-likeness (QED) is 0.766. The Morgan fingerprint density at radius 1 is 0.889 bits per heavy atom. The van der Waals surface area contributed by atoms with Crippen LogP contribution >= 0.6 is 0 Å². The van der Waals surface area contributed by atoms with Crippen LogP contribution in [-0.2, 0) is 4.74 Å². The van der Waals surface area contributed by atoms with E-state index < -0.39 is 0 Å². The molecule has 18 heavy (non-hydrogen) atoms. The molecule has 2 rings (SSSR count). The van der Waals surface area contributed by atoms with Crippen molar-refractivity contribution in [2.45, 2.75) is 13.0 Å². The van der Waals surface area contributed by atoms with Gasteiger partial charge in [0.25, 0.3) is 0 Å². The van der Waals surface area contributed by atoms with Gasteiger partial charge in [-0.15, -0.1) is 0 Å². The number of para-hydroxylation sites is 1. The van der Waals surface area contributed by atoms with Crippen LogP contribution in [0.1, 0.15) is 18.6 Å². The lowest BCUT2D eigenvalue weighted by molar-refractivity contribution is 0.0266. The molecule has 2 heteroatoms. The predicted molar refractivity (Wildman–Crippen MR) is 72.7 cm³/mol. The fourth-order valence-corrected chi connectivity index (χ4v) is 1.80. The average molecular weight is 242 g/mol. The number of hydrogen-bond acceptors (Lipinski definition) is 2. The molecule has 0 heterocycles. The molecule has 0 aliphatic carbocycles. The van der Waals surface area contributed by atoms with E-state index in [9.17, 15) is 0 Å². The predicted octanol–water partition coefficient (Wildman–Crippen LogP) is 3.84. The van der Waals surface area contributed by atoms with E-state index in [-0.39, 0.29) is 6.10 Å². The Bertz CT molecular complexity index is 439. The van der Waals surface area contributed by atoms with E-state index in [1.165, 1.54) is 0 Å². The Balaban J connectivity index is 1.99. The average Bonchev–Trinajstić information content (AvgIpc) is 2.45. The van der Waals surface area contributed by atoms with Crippen LogP contribution in [0.25, 0.3) is 0 Å². The molecule has 0 fully saturated rings. The molecule has 0 radical (unpaired) electrons.